The zero-order chi connectivity index (χ0) is 33.7. The number of para-hydroxylation sites is 2. The number of ether oxygens (including phenoxy) is 3. The average molecular weight is 745 g/mol. The van der Waals surface area contributed by atoms with Gasteiger partial charge >= 0.3 is 0 Å². The van der Waals surface area contributed by atoms with E-state index >= 15 is 0 Å². The third-order valence-corrected chi connectivity index (χ3v) is 8.42. The number of nitrogens with one attached hydrogen (secondary N) is 1. The number of aryl methyl sites for hydroxylation is 2. The molecule has 1 aromatic heterocycles. The number of carbonyl (C=O) groups excluding carboxylic acids is 1. The van der Waals surface area contributed by atoms with Crippen LogP contribution in [0.1, 0.15) is 48.9 Å². The van der Waals surface area contributed by atoms with E-state index in [2.05, 4.69) is 46.9 Å². The first-order valence-corrected chi connectivity index (χ1v) is 16.4. The highest BCUT2D eigenvalue weighted by Gasteiger charge is 2.19. The molecular formula is C37H37IN4O5. The fourth-order valence-electron chi connectivity index (χ4n) is 5.20. The van der Waals surface area contributed by atoms with Crippen molar-refractivity contribution in [2.45, 2.75) is 40.5 Å². The summed E-state index contributed by atoms with van der Waals surface area (Å²) in [6.07, 6.45) is 1.60. The van der Waals surface area contributed by atoms with Crippen LogP contribution in [0, 0.1) is 17.4 Å². The molecule has 0 saturated carbocycles. The molecule has 0 spiro atoms. The third-order valence-electron chi connectivity index (χ3n) is 7.61. The van der Waals surface area contributed by atoms with E-state index in [0.717, 1.165) is 37.3 Å². The Hall–Kier alpha value is -4.71. The van der Waals surface area contributed by atoms with Gasteiger partial charge in [0.1, 0.15) is 5.75 Å². The van der Waals surface area contributed by atoms with E-state index in [9.17, 15) is 9.59 Å². The van der Waals surface area contributed by atoms with Crippen LogP contribution in [0.5, 0.6) is 17.2 Å². The van der Waals surface area contributed by atoms with Gasteiger partial charge in [-0.2, -0.15) is 9.78 Å². The molecule has 4 aromatic carbocycles. The Balaban J connectivity index is 1.52. The van der Waals surface area contributed by atoms with Gasteiger partial charge in [-0.1, -0.05) is 44.2 Å². The van der Waals surface area contributed by atoms with Gasteiger partial charge in [-0.15, -0.1) is 0 Å². The Labute approximate surface area is 287 Å². The Bertz CT molecular complexity index is 2040. The maximum atomic E-state index is 13.9. The highest BCUT2D eigenvalue weighted by atomic mass is 127. The molecule has 0 radical (unpaired) electrons. The monoisotopic (exact) mass is 744 g/mol. The minimum absolute atomic E-state index is 0.182. The first kappa shape index (κ1) is 33.6. The molecule has 0 aliphatic carbocycles. The van der Waals surface area contributed by atoms with Gasteiger partial charge in [-0.05, 0) is 114 Å². The molecule has 0 saturated heterocycles. The zero-order valence-corrected chi connectivity index (χ0v) is 29.4. The smallest absolute Gasteiger partial charge is 0.282 e. The third kappa shape index (κ3) is 7.48. The van der Waals surface area contributed by atoms with E-state index in [1.165, 1.54) is 4.68 Å². The Morgan fingerprint density at radius 1 is 1.00 bits per heavy atom. The van der Waals surface area contributed by atoms with Crippen molar-refractivity contribution in [1.29, 1.82) is 0 Å². The van der Waals surface area contributed by atoms with Crippen molar-refractivity contribution < 1.29 is 19.0 Å². The van der Waals surface area contributed by atoms with Crippen molar-refractivity contribution in [3.05, 3.63) is 109 Å². The molecule has 9 nitrogen and oxygen atoms in total. The molecule has 242 valence electrons. The lowest BCUT2D eigenvalue weighted by molar-refractivity contribution is -0.118. The van der Waals surface area contributed by atoms with Crippen LogP contribution < -0.4 is 25.1 Å². The number of fused-ring (bicyclic) bond motifs is 1. The number of halogens is 1. The number of benzene rings is 4. The zero-order valence-electron chi connectivity index (χ0n) is 27.3. The summed E-state index contributed by atoms with van der Waals surface area (Å²) in [6, 6.07) is 22.4. The van der Waals surface area contributed by atoms with Crippen molar-refractivity contribution in [1.82, 2.24) is 9.66 Å². The summed E-state index contributed by atoms with van der Waals surface area (Å²) in [6.45, 7) is 10.1. The molecule has 0 fully saturated rings. The van der Waals surface area contributed by atoms with E-state index in [0.29, 0.717) is 40.4 Å². The van der Waals surface area contributed by atoms with Crippen molar-refractivity contribution >= 4 is 51.3 Å². The predicted octanol–water partition coefficient (Wildman–Crippen LogP) is 7.72. The molecule has 47 heavy (non-hydrogen) atoms. The van der Waals surface area contributed by atoms with Gasteiger partial charge in [0.25, 0.3) is 11.5 Å². The molecule has 10 heteroatoms. The van der Waals surface area contributed by atoms with Crippen LogP contribution >= 0.6 is 22.6 Å². The molecular weight excluding hydrogens is 707 g/mol. The normalized spacial score (nSPS) is 11.3. The SMILES string of the molecule is CCOc1cc(C=Nn2c(-c3cc(C(C)C)c(OC)cc3C)nc3ccccc3c2=O)cc(I)c1OCC(=O)Nc1ccccc1C. The second-order valence-electron chi connectivity index (χ2n) is 11.3. The second-order valence-corrected chi connectivity index (χ2v) is 12.5. The van der Waals surface area contributed by atoms with E-state index < -0.39 is 0 Å². The Kier molecular flexibility index (Phi) is 10.6. The summed E-state index contributed by atoms with van der Waals surface area (Å²) >= 11 is 2.15. The first-order chi connectivity index (χ1) is 22.6. The number of nitrogens with zero attached hydrogens (tertiary/aromatic N) is 3. The van der Waals surface area contributed by atoms with E-state index in [1.54, 1.807) is 25.5 Å². The lowest BCUT2D eigenvalue weighted by Crippen LogP contribution is -2.21. The Morgan fingerprint density at radius 2 is 1.74 bits per heavy atom. The number of anilines is 1. The van der Waals surface area contributed by atoms with Crippen molar-refractivity contribution in [3.8, 4) is 28.6 Å². The van der Waals surface area contributed by atoms with Crippen LogP contribution in [0.15, 0.2) is 82.7 Å². The second kappa shape index (κ2) is 14.8. The largest absolute Gasteiger partial charge is 0.496 e. The molecule has 0 unspecified atom stereocenters. The molecule has 0 atom stereocenters. The average Bonchev–Trinajstić information content (AvgIpc) is 3.04. The minimum Gasteiger partial charge on any atom is -0.496 e. The fraction of sp³-hybridized carbons (Fsp3) is 0.243. The maximum Gasteiger partial charge on any atom is 0.282 e. The van der Waals surface area contributed by atoms with Crippen LogP contribution in [0.3, 0.4) is 0 Å². The van der Waals surface area contributed by atoms with E-state index in [-0.39, 0.29) is 24.0 Å². The van der Waals surface area contributed by atoms with Crippen molar-refractivity contribution in [2.24, 2.45) is 5.10 Å². The lowest BCUT2D eigenvalue weighted by atomic mass is 9.96. The van der Waals surface area contributed by atoms with Crippen LogP contribution in [-0.4, -0.2) is 42.1 Å². The topological polar surface area (TPSA) is 104 Å². The summed E-state index contributed by atoms with van der Waals surface area (Å²) in [5, 5.41) is 8.03. The highest BCUT2D eigenvalue weighted by molar-refractivity contribution is 14.1. The maximum absolute atomic E-state index is 13.9. The van der Waals surface area contributed by atoms with Gasteiger partial charge in [-0.3, -0.25) is 9.59 Å². The Morgan fingerprint density at radius 3 is 2.47 bits per heavy atom. The van der Waals surface area contributed by atoms with Crippen LogP contribution in [0.25, 0.3) is 22.3 Å². The van der Waals surface area contributed by atoms with E-state index in [1.807, 2.05) is 81.4 Å². The van der Waals surface area contributed by atoms with Crippen LogP contribution in [-0.2, 0) is 4.79 Å². The molecule has 5 rings (SSSR count). The molecule has 0 aliphatic heterocycles. The van der Waals surface area contributed by atoms with Gasteiger partial charge in [0.05, 0.1) is 34.4 Å². The van der Waals surface area contributed by atoms with Crippen molar-refractivity contribution in [3.63, 3.8) is 0 Å². The summed E-state index contributed by atoms with van der Waals surface area (Å²) in [5.74, 6) is 2.01. The molecule has 1 amide bonds. The quantitative estimate of drug-likeness (QED) is 0.110. The number of aromatic nitrogens is 2. The molecule has 1 N–H and O–H groups in total. The fourth-order valence-corrected chi connectivity index (χ4v) is 5.98. The number of amides is 1. The van der Waals surface area contributed by atoms with Gasteiger partial charge in [0.2, 0.25) is 0 Å². The van der Waals surface area contributed by atoms with Gasteiger partial charge in [0.15, 0.2) is 23.9 Å². The number of hydrogen-bond donors (Lipinski definition) is 1. The number of rotatable bonds is 11. The predicted molar refractivity (Wildman–Crippen MR) is 195 cm³/mol. The lowest BCUT2D eigenvalue weighted by Gasteiger charge is -2.17. The summed E-state index contributed by atoms with van der Waals surface area (Å²) in [7, 11) is 1.66. The molecule has 5 aromatic rings. The summed E-state index contributed by atoms with van der Waals surface area (Å²) < 4.78 is 19.6. The minimum atomic E-state index is -0.289. The van der Waals surface area contributed by atoms with Crippen molar-refractivity contribution in [2.75, 3.05) is 25.6 Å². The summed E-state index contributed by atoms with van der Waals surface area (Å²) in [4.78, 5) is 31.5. The van der Waals surface area contributed by atoms with Crippen LogP contribution in [0.4, 0.5) is 5.69 Å². The summed E-state index contributed by atoms with van der Waals surface area (Å²) in [5.41, 5.74) is 5.35. The van der Waals surface area contributed by atoms with E-state index in [4.69, 9.17) is 19.2 Å². The number of carbonyl (C=O) groups is 1. The standard InChI is InChI=1S/C37H37IN4O5/c1-7-46-33-18-25(17-29(38)35(33)47-21-34(43)40-30-14-10-8-12-23(30)4)20-39-42-36(41-31-15-11-9-13-26(31)37(42)44)28-19-27(22(2)3)32(45-6)16-24(28)5/h8-20,22H,7,21H2,1-6H3,(H,40,43). The number of methoxy groups -OCH3 is 1. The van der Waals surface area contributed by atoms with Gasteiger partial charge in [-0.25, -0.2) is 4.98 Å². The van der Waals surface area contributed by atoms with Crippen LogP contribution in [0.2, 0.25) is 0 Å². The molecule has 1 heterocycles. The first-order valence-electron chi connectivity index (χ1n) is 15.3. The van der Waals surface area contributed by atoms with Gasteiger partial charge < -0.3 is 19.5 Å². The molecule has 0 bridgehead atoms. The van der Waals surface area contributed by atoms with Gasteiger partial charge in [0, 0.05) is 11.3 Å². The number of hydrogen-bond acceptors (Lipinski definition) is 7. The highest BCUT2D eigenvalue weighted by Crippen LogP contribution is 2.35. The molecule has 0 aliphatic rings.